The molecule has 0 radical (unpaired) electrons. The van der Waals surface area contributed by atoms with Crippen LogP contribution < -0.4 is 0 Å². The molecule has 1 rings (SSSR count). The number of aliphatic carboxylic acids is 1. The van der Waals surface area contributed by atoms with E-state index >= 15 is 0 Å². The monoisotopic (exact) mass is 244 g/mol. The van der Waals surface area contributed by atoms with Gasteiger partial charge in [0.15, 0.2) is 0 Å². The van der Waals surface area contributed by atoms with E-state index in [0.29, 0.717) is 0 Å². The van der Waals surface area contributed by atoms with Crippen molar-refractivity contribution in [3.8, 4) is 6.07 Å². The van der Waals surface area contributed by atoms with Crippen LogP contribution in [-0.4, -0.2) is 40.5 Å². The smallest absolute Gasteiger partial charge is 0.346 e. The van der Waals surface area contributed by atoms with E-state index in [1.807, 2.05) is 0 Å². The van der Waals surface area contributed by atoms with Crippen LogP contribution in [0, 0.1) is 11.3 Å². The van der Waals surface area contributed by atoms with Gasteiger partial charge in [0.1, 0.15) is 11.6 Å². The second-order valence-corrected chi connectivity index (χ2v) is 4.66. The lowest BCUT2D eigenvalue weighted by Gasteiger charge is -2.32. The van der Waals surface area contributed by atoms with Gasteiger partial charge in [-0.1, -0.05) is 0 Å². The number of carboxylic acid groups (broad SMARTS) is 1. The molecule has 17 heavy (non-hydrogen) atoms. The lowest BCUT2D eigenvalue weighted by atomic mass is 9.99. The minimum absolute atomic E-state index is 0.189. The van der Waals surface area contributed by atoms with Gasteiger partial charge >= 0.3 is 5.97 Å². The highest BCUT2D eigenvalue weighted by atomic mass is 19.3. The van der Waals surface area contributed by atoms with Gasteiger partial charge in [0.05, 0.1) is 6.54 Å². The first-order valence-electron chi connectivity index (χ1n) is 5.17. The third kappa shape index (κ3) is 3.24. The predicted molar refractivity (Wildman–Crippen MR) is 56.5 cm³/mol. The summed E-state index contributed by atoms with van der Waals surface area (Å²) < 4.78 is 26.1. The molecule has 1 fully saturated rings. The van der Waals surface area contributed by atoms with Crippen LogP contribution >= 0.6 is 0 Å². The molecule has 0 aromatic rings. The molecule has 1 saturated heterocycles. The summed E-state index contributed by atoms with van der Waals surface area (Å²) in [7, 11) is 0. The molecule has 0 aromatic carbocycles. The standard InChI is InChI=1S/C11H14F2N2O2/c1-10(2,5-8(6-14)9(16)17)15-4-3-11(12,13)7-15/h5H,3-4,7H2,1-2H3,(H,16,17). The highest BCUT2D eigenvalue weighted by Crippen LogP contribution is 2.32. The topological polar surface area (TPSA) is 64.3 Å². The maximum Gasteiger partial charge on any atom is 0.346 e. The van der Waals surface area contributed by atoms with Gasteiger partial charge in [-0.25, -0.2) is 13.6 Å². The van der Waals surface area contributed by atoms with Crippen molar-refractivity contribution in [3.05, 3.63) is 11.6 Å². The Morgan fingerprint density at radius 1 is 1.59 bits per heavy atom. The molecule has 0 unspecified atom stereocenters. The van der Waals surface area contributed by atoms with Gasteiger partial charge in [-0.15, -0.1) is 0 Å². The number of hydrogen-bond donors (Lipinski definition) is 1. The van der Waals surface area contributed by atoms with Crippen molar-refractivity contribution >= 4 is 5.97 Å². The average Bonchev–Trinajstić information content (AvgIpc) is 2.55. The number of likely N-dealkylation sites (tertiary alicyclic amines) is 1. The van der Waals surface area contributed by atoms with Crippen LogP contribution in [0.2, 0.25) is 0 Å². The molecule has 1 heterocycles. The number of carboxylic acids is 1. The van der Waals surface area contributed by atoms with Crippen molar-refractivity contribution in [2.45, 2.75) is 31.7 Å². The van der Waals surface area contributed by atoms with E-state index in [1.165, 1.54) is 11.0 Å². The summed E-state index contributed by atoms with van der Waals surface area (Å²) in [5.74, 6) is -4.08. The Hall–Kier alpha value is -1.48. The van der Waals surface area contributed by atoms with E-state index < -0.39 is 29.5 Å². The minimum Gasteiger partial charge on any atom is -0.477 e. The zero-order valence-corrected chi connectivity index (χ0v) is 9.70. The van der Waals surface area contributed by atoms with Gasteiger partial charge < -0.3 is 5.11 Å². The van der Waals surface area contributed by atoms with Crippen molar-refractivity contribution < 1.29 is 18.7 Å². The number of nitrogens with zero attached hydrogens (tertiary/aromatic N) is 2. The Bertz CT molecular complexity index is 397. The van der Waals surface area contributed by atoms with Crippen LogP contribution in [0.5, 0.6) is 0 Å². The Balaban J connectivity index is 2.90. The van der Waals surface area contributed by atoms with Crippen LogP contribution in [-0.2, 0) is 4.79 Å². The Morgan fingerprint density at radius 3 is 2.53 bits per heavy atom. The second kappa shape index (κ2) is 4.41. The molecule has 0 aliphatic carbocycles. The normalized spacial score (nSPS) is 21.2. The third-order valence-corrected chi connectivity index (χ3v) is 2.83. The van der Waals surface area contributed by atoms with Crippen LogP contribution in [0.3, 0.4) is 0 Å². The molecule has 94 valence electrons. The molecular weight excluding hydrogens is 230 g/mol. The van der Waals surface area contributed by atoms with Gasteiger partial charge in [-0.05, 0) is 19.9 Å². The summed E-state index contributed by atoms with van der Waals surface area (Å²) >= 11 is 0. The number of hydrogen-bond acceptors (Lipinski definition) is 3. The van der Waals surface area contributed by atoms with E-state index in [9.17, 15) is 13.6 Å². The van der Waals surface area contributed by atoms with Crippen molar-refractivity contribution in [2.75, 3.05) is 13.1 Å². The van der Waals surface area contributed by atoms with Crippen LogP contribution in [0.15, 0.2) is 11.6 Å². The number of nitriles is 1. The largest absolute Gasteiger partial charge is 0.477 e. The van der Waals surface area contributed by atoms with Gasteiger partial charge in [-0.3, -0.25) is 4.90 Å². The Morgan fingerprint density at radius 2 is 2.18 bits per heavy atom. The zero-order chi connectivity index (χ0) is 13.3. The highest BCUT2D eigenvalue weighted by Gasteiger charge is 2.43. The van der Waals surface area contributed by atoms with E-state index in [-0.39, 0.29) is 13.0 Å². The maximum atomic E-state index is 13.1. The first-order valence-corrected chi connectivity index (χ1v) is 5.17. The lowest BCUT2D eigenvalue weighted by Crippen LogP contribution is -2.42. The summed E-state index contributed by atoms with van der Waals surface area (Å²) in [6.45, 7) is 3.02. The molecule has 1 aliphatic rings. The van der Waals surface area contributed by atoms with Crippen molar-refractivity contribution in [2.24, 2.45) is 0 Å². The minimum atomic E-state index is -2.73. The van der Waals surface area contributed by atoms with E-state index in [1.54, 1.807) is 19.9 Å². The zero-order valence-electron chi connectivity index (χ0n) is 9.70. The van der Waals surface area contributed by atoms with Crippen molar-refractivity contribution in [1.29, 1.82) is 5.26 Å². The van der Waals surface area contributed by atoms with E-state index in [2.05, 4.69) is 0 Å². The van der Waals surface area contributed by atoms with Crippen molar-refractivity contribution in [3.63, 3.8) is 0 Å². The number of rotatable bonds is 3. The summed E-state index contributed by atoms with van der Waals surface area (Å²) in [6, 6.07) is 1.55. The molecule has 0 bridgehead atoms. The lowest BCUT2D eigenvalue weighted by molar-refractivity contribution is -0.132. The van der Waals surface area contributed by atoms with Gasteiger partial charge in [-0.2, -0.15) is 5.26 Å². The first-order chi connectivity index (χ1) is 7.68. The molecule has 6 heteroatoms. The molecular formula is C11H14F2N2O2. The van der Waals surface area contributed by atoms with Crippen LogP contribution in [0.1, 0.15) is 20.3 Å². The van der Waals surface area contributed by atoms with Crippen LogP contribution in [0.25, 0.3) is 0 Å². The number of alkyl halides is 2. The molecule has 1 N–H and O–H groups in total. The highest BCUT2D eigenvalue weighted by molar-refractivity contribution is 5.91. The summed E-state index contributed by atoms with van der Waals surface area (Å²) in [5.41, 5.74) is -1.30. The van der Waals surface area contributed by atoms with Crippen LogP contribution in [0.4, 0.5) is 8.78 Å². The average molecular weight is 244 g/mol. The van der Waals surface area contributed by atoms with Crippen molar-refractivity contribution in [1.82, 2.24) is 4.90 Å². The molecule has 0 aromatic heterocycles. The fourth-order valence-corrected chi connectivity index (χ4v) is 1.81. The molecule has 0 amide bonds. The second-order valence-electron chi connectivity index (χ2n) is 4.66. The number of halogens is 2. The van der Waals surface area contributed by atoms with E-state index in [4.69, 9.17) is 10.4 Å². The Kier molecular flexibility index (Phi) is 3.53. The fourth-order valence-electron chi connectivity index (χ4n) is 1.81. The number of carbonyl (C=O) groups is 1. The molecule has 0 spiro atoms. The quantitative estimate of drug-likeness (QED) is 0.605. The fraction of sp³-hybridized carbons (Fsp3) is 0.636. The SMILES string of the molecule is CC(C)(C=C(C#N)C(=O)O)N1CCC(F)(F)C1. The Labute approximate surface area is 98.1 Å². The molecule has 4 nitrogen and oxygen atoms in total. The van der Waals surface area contributed by atoms with Gasteiger partial charge in [0.25, 0.3) is 5.92 Å². The summed E-state index contributed by atoms with van der Waals surface area (Å²) in [6.07, 6.45) is 0.982. The maximum absolute atomic E-state index is 13.1. The van der Waals surface area contributed by atoms with Gasteiger partial charge in [0.2, 0.25) is 0 Å². The third-order valence-electron chi connectivity index (χ3n) is 2.83. The molecule has 0 saturated carbocycles. The summed E-state index contributed by atoms with van der Waals surface area (Å²) in [5, 5.41) is 17.4. The predicted octanol–water partition coefficient (Wildman–Crippen LogP) is 1.64. The summed E-state index contributed by atoms with van der Waals surface area (Å²) in [4.78, 5) is 12.2. The van der Waals surface area contributed by atoms with Gasteiger partial charge in [0, 0.05) is 18.5 Å². The van der Waals surface area contributed by atoms with E-state index in [0.717, 1.165) is 0 Å². The molecule has 0 atom stereocenters. The first kappa shape index (κ1) is 13.6. The molecule has 1 aliphatic heterocycles.